The number of carbonyl (C=O) groups excluding carboxylic acids is 2. The second-order valence-corrected chi connectivity index (χ2v) is 7.43. The first-order valence-electron chi connectivity index (χ1n) is 7.92. The molecule has 2 aromatic carbocycles. The molecule has 0 spiro atoms. The van der Waals surface area contributed by atoms with Crippen molar-refractivity contribution in [3.8, 4) is 11.3 Å². The Kier molecular flexibility index (Phi) is 4.83. The van der Waals surface area contributed by atoms with Crippen molar-refractivity contribution in [3.63, 3.8) is 0 Å². The standard InChI is InChI=1S/C20H11Cl2NO3S/c21-15-8-4-7-14(18(15)22)16-10-9-13(26-16)11-17-19(24)23(20(25)27-17)12-5-2-1-3-6-12/h1-11H/b17-11+. The number of thioether (sulfide) groups is 1. The van der Waals surface area contributed by atoms with E-state index in [1.807, 2.05) is 6.07 Å². The van der Waals surface area contributed by atoms with Gasteiger partial charge in [-0.1, -0.05) is 47.5 Å². The fraction of sp³-hybridized carbons (Fsp3) is 0. The van der Waals surface area contributed by atoms with Crippen molar-refractivity contribution in [1.82, 2.24) is 0 Å². The number of benzene rings is 2. The summed E-state index contributed by atoms with van der Waals surface area (Å²) in [6.45, 7) is 0. The van der Waals surface area contributed by atoms with E-state index in [9.17, 15) is 9.59 Å². The Morgan fingerprint density at radius 1 is 0.926 bits per heavy atom. The first-order valence-corrected chi connectivity index (χ1v) is 9.49. The molecule has 1 aliphatic rings. The maximum absolute atomic E-state index is 12.6. The zero-order chi connectivity index (χ0) is 19.0. The average Bonchev–Trinajstić information content (AvgIpc) is 3.23. The van der Waals surface area contributed by atoms with Gasteiger partial charge in [0, 0.05) is 11.6 Å². The Bertz CT molecular complexity index is 1080. The third-order valence-electron chi connectivity index (χ3n) is 3.93. The molecule has 0 atom stereocenters. The van der Waals surface area contributed by atoms with Crippen molar-refractivity contribution in [3.05, 3.63) is 81.4 Å². The maximum Gasteiger partial charge on any atom is 0.298 e. The minimum atomic E-state index is -0.380. The summed E-state index contributed by atoms with van der Waals surface area (Å²) in [6, 6.07) is 17.5. The zero-order valence-corrected chi connectivity index (χ0v) is 16.0. The Balaban J connectivity index is 1.64. The number of imide groups is 1. The summed E-state index contributed by atoms with van der Waals surface area (Å²) in [5, 5.41) is 0.475. The SMILES string of the molecule is O=C1S/C(=C/c2ccc(-c3cccc(Cl)c3Cl)o2)C(=O)N1c1ccccc1. The molecular weight excluding hydrogens is 405 g/mol. The molecule has 1 aliphatic heterocycles. The molecule has 1 fully saturated rings. The summed E-state index contributed by atoms with van der Waals surface area (Å²) in [7, 11) is 0. The summed E-state index contributed by atoms with van der Waals surface area (Å²) in [6.07, 6.45) is 1.55. The molecule has 0 unspecified atom stereocenters. The summed E-state index contributed by atoms with van der Waals surface area (Å²) >= 11 is 13.1. The summed E-state index contributed by atoms with van der Waals surface area (Å²) in [5.74, 6) is 0.588. The van der Waals surface area contributed by atoms with Gasteiger partial charge in [0.1, 0.15) is 11.5 Å². The highest BCUT2D eigenvalue weighted by Gasteiger charge is 2.36. The smallest absolute Gasteiger partial charge is 0.298 e. The van der Waals surface area contributed by atoms with E-state index in [2.05, 4.69) is 0 Å². The lowest BCUT2D eigenvalue weighted by Gasteiger charge is -2.11. The number of rotatable bonds is 3. The number of amides is 2. The molecule has 0 aliphatic carbocycles. The van der Waals surface area contributed by atoms with Crippen LogP contribution in [0, 0.1) is 0 Å². The molecule has 1 saturated heterocycles. The van der Waals surface area contributed by atoms with E-state index in [1.54, 1.807) is 60.7 Å². The van der Waals surface area contributed by atoms with Crippen LogP contribution in [0.2, 0.25) is 10.0 Å². The van der Waals surface area contributed by atoms with E-state index < -0.39 is 0 Å². The summed E-state index contributed by atoms with van der Waals surface area (Å²) in [5.41, 5.74) is 1.19. The van der Waals surface area contributed by atoms with Crippen molar-refractivity contribution < 1.29 is 14.0 Å². The highest BCUT2D eigenvalue weighted by Crippen LogP contribution is 2.37. The normalized spacial score (nSPS) is 15.8. The third-order valence-corrected chi connectivity index (χ3v) is 5.61. The molecule has 4 rings (SSSR count). The fourth-order valence-corrected chi connectivity index (χ4v) is 3.88. The first-order chi connectivity index (χ1) is 13.0. The zero-order valence-electron chi connectivity index (χ0n) is 13.7. The van der Waals surface area contributed by atoms with Crippen LogP contribution in [0.4, 0.5) is 10.5 Å². The molecule has 134 valence electrons. The van der Waals surface area contributed by atoms with Crippen molar-refractivity contribution in [2.75, 3.05) is 4.90 Å². The average molecular weight is 416 g/mol. The largest absolute Gasteiger partial charge is 0.457 e. The lowest BCUT2D eigenvalue weighted by molar-refractivity contribution is -0.113. The van der Waals surface area contributed by atoms with Crippen LogP contribution in [-0.4, -0.2) is 11.1 Å². The van der Waals surface area contributed by atoms with E-state index >= 15 is 0 Å². The first kappa shape index (κ1) is 17.9. The number of anilines is 1. The number of nitrogens with zero attached hydrogens (tertiary/aromatic N) is 1. The molecule has 0 radical (unpaired) electrons. The molecule has 0 bridgehead atoms. The van der Waals surface area contributed by atoms with Gasteiger partial charge in [-0.25, -0.2) is 4.90 Å². The second kappa shape index (κ2) is 7.27. The lowest BCUT2D eigenvalue weighted by atomic mass is 10.2. The minimum Gasteiger partial charge on any atom is -0.457 e. The second-order valence-electron chi connectivity index (χ2n) is 5.66. The van der Waals surface area contributed by atoms with E-state index in [1.165, 1.54) is 0 Å². The number of hydrogen-bond acceptors (Lipinski definition) is 4. The van der Waals surface area contributed by atoms with E-state index in [0.29, 0.717) is 37.7 Å². The predicted octanol–water partition coefficient (Wildman–Crippen LogP) is 6.49. The van der Waals surface area contributed by atoms with Crippen LogP contribution in [-0.2, 0) is 4.79 Å². The third kappa shape index (κ3) is 3.41. The van der Waals surface area contributed by atoms with Gasteiger partial charge in [-0.3, -0.25) is 9.59 Å². The maximum atomic E-state index is 12.6. The van der Waals surface area contributed by atoms with Crippen LogP contribution >= 0.6 is 35.0 Å². The molecule has 7 heteroatoms. The Labute approximate surface area is 169 Å². The highest BCUT2D eigenvalue weighted by molar-refractivity contribution is 8.19. The molecule has 1 aromatic heterocycles. The van der Waals surface area contributed by atoms with Crippen LogP contribution in [0.5, 0.6) is 0 Å². The Hall–Kier alpha value is -2.47. The Morgan fingerprint density at radius 3 is 2.48 bits per heavy atom. The van der Waals surface area contributed by atoms with Gasteiger partial charge in [-0.15, -0.1) is 0 Å². The molecule has 27 heavy (non-hydrogen) atoms. The lowest BCUT2D eigenvalue weighted by Crippen LogP contribution is -2.27. The van der Waals surface area contributed by atoms with Crippen LogP contribution in [0.3, 0.4) is 0 Å². The predicted molar refractivity (Wildman–Crippen MR) is 109 cm³/mol. The number of para-hydroxylation sites is 1. The van der Waals surface area contributed by atoms with Gasteiger partial charge in [-0.2, -0.15) is 0 Å². The number of furan rings is 1. The van der Waals surface area contributed by atoms with Gasteiger partial charge < -0.3 is 4.42 Å². The van der Waals surface area contributed by atoms with E-state index in [0.717, 1.165) is 16.7 Å². The Morgan fingerprint density at radius 2 is 1.70 bits per heavy atom. The van der Waals surface area contributed by atoms with E-state index in [4.69, 9.17) is 27.6 Å². The van der Waals surface area contributed by atoms with Gasteiger partial charge in [0.05, 0.1) is 20.6 Å². The minimum absolute atomic E-state index is 0.293. The van der Waals surface area contributed by atoms with Crippen molar-refractivity contribution in [1.29, 1.82) is 0 Å². The van der Waals surface area contributed by atoms with Gasteiger partial charge in [0.15, 0.2) is 0 Å². The number of hydrogen-bond donors (Lipinski definition) is 0. The highest BCUT2D eigenvalue weighted by atomic mass is 35.5. The molecule has 2 heterocycles. The molecule has 0 N–H and O–H groups in total. The quantitative estimate of drug-likeness (QED) is 0.458. The van der Waals surface area contributed by atoms with Crippen molar-refractivity contribution >= 4 is 57.9 Å². The van der Waals surface area contributed by atoms with E-state index in [-0.39, 0.29) is 11.1 Å². The summed E-state index contributed by atoms with van der Waals surface area (Å²) < 4.78 is 5.78. The number of halogens is 2. The summed E-state index contributed by atoms with van der Waals surface area (Å²) in [4.78, 5) is 26.3. The molecular formula is C20H11Cl2NO3S. The van der Waals surface area contributed by atoms with Gasteiger partial charge in [0.2, 0.25) is 0 Å². The van der Waals surface area contributed by atoms with Gasteiger partial charge in [-0.05, 0) is 48.2 Å². The van der Waals surface area contributed by atoms with Crippen molar-refractivity contribution in [2.24, 2.45) is 0 Å². The van der Waals surface area contributed by atoms with Crippen LogP contribution in [0.25, 0.3) is 17.4 Å². The molecule has 0 saturated carbocycles. The van der Waals surface area contributed by atoms with Crippen LogP contribution in [0.1, 0.15) is 5.76 Å². The molecule has 4 nitrogen and oxygen atoms in total. The number of carbonyl (C=O) groups is 2. The van der Waals surface area contributed by atoms with Gasteiger partial charge >= 0.3 is 0 Å². The van der Waals surface area contributed by atoms with Crippen molar-refractivity contribution in [2.45, 2.75) is 0 Å². The fourth-order valence-electron chi connectivity index (χ4n) is 2.67. The monoisotopic (exact) mass is 415 g/mol. The molecule has 2 amide bonds. The van der Waals surface area contributed by atoms with Crippen LogP contribution in [0.15, 0.2) is 70.0 Å². The van der Waals surface area contributed by atoms with Crippen LogP contribution < -0.4 is 4.90 Å². The topological polar surface area (TPSA) is 50.5 Å². The van der Waals surface area contributed by atoms with Gasteiger partial charge in [0.25, 0.3) is 11.1 Å². The molecule has 3 aromatic rings.